The van der Waals surface area contributed by atoms with Crippen molar-refractivity contribution in [2.24, 2.45) is 0 Å². The fraction of sp³-hybridized carbons (Fsp3) is 0.700. The van der Waals surface area contributed by atoms with Crippen LogP contribution in [-0.2, 0) is 11.2 Å². The summed E-state index contributed by atoms with van der Waals surface area (Å²) < 4.78 is 0. The number of carbonyl (C=O) groups is 1. The molecular weight excluding hydrogens is 328 g/mol. The lowest BCUT2D eigenvalue weighted by molar-refractivity contribution is -0.142. The van der Waals surface area contributed by atoms with E-state index in [2.05, 4.69) is 21.8 Å². The maximum Gasteiger partial charge on any atom is 0.251 e. The Morgan fingerprint density at radius 2 is 1.81 bits per heavy atom. The highest BCUT2D eigenvalue weighted by Crippen LogP contribution is 2.18. The van der Waals surface area contributed by atoms with Crippen LogP contribution in [0, 0.1) is 13.8 Å². The van der Waals surface area contributed by atoms with Crippen LogP contribution in [-0.4, -0.2) is 89.2 Å². The molecule has 2 fully saturated rings. The third-order valence-corrected chi connectivity index (χ3v) is 5.95. The molecule has 0 aromatic carbocycles. The second-order valence-corrected chi connectivity index (χ2v) is 7.88. The van der Waals surface area contributed by atoms with Gasteiger partial charge in [-0.2, -0.15) is 0 Å². The van der Waals surface area contributed by atoms with Crippen LogP contribution in [0.15, 0.2) is 12.3 Å². The van der Waals surface area contributed by atoms with Crippen molar-refractivity contribution in [2.45, 2.75) is 45.3 Å². The summed E-state index contributed by atoms with van der Waals surface area (Å²) in [5, 5.41) is 10.4. The molecule has 0 saturated carbocycles. The van der Waals surface area contributed by atoms with Crippen molar-refractivity contribution in [3.8, 4) is 0 Å². The predicted molar refractivity (Wildman–Crippen MR) is 102 cm³/mol. The average molecular weight is 361 g/mol. The van der Waals surface area contributed by atoms with Crippen LogP contribution in [0.3, 0.4) is 0 Å². The number of aryl methyl sites for hydroxylation is 2. The lowest BCUT2D eigenvalue weighted by Crippen LogP contribution is -2.55. The number of aromatic nitrogens is 1. The normalized spacial score (nSPS) is 21.8. The molecule has 0 spiro atoms. The van der Waals surface area contributed by atoms with Crippen molar-refractivity contribution >= 4 is 5.91 Å². The summed E-state index contributed by atoms with van der Waals surface area (Å²) >= 11 is 0. The third-order valence-electron chi connectivity index (χ3n) is 5.95. The van der Waals surface area contributed by atoms with E-state index in [4.69, 9.17) is 0 Å². The standard InChI is InChI=1S/C20H32N4O2/c1-15-12-17(21-14-16(15)2)13-19(25)20(26)24-10-8-23(9-11-24)18-4-6-22(3)7-5-18/h12,14,18-19,25H,4-11,13H2,1-3H3/t19-/m1/s1. The van der Waals surface area contributed by atoms with Crippen molar-refractivity contribution < 1.29 is 9.90 Å². The van der Waals surface area contributed by atoms with Crippen LogP contribution in [0.1, 0.15) is 29.7 Å². The van der Waals surface area contributed by atoms with Crippen molar-refractivity contribution in [3.63, 3.8) is 0 Å². The zero-order valence-corrected chi connectivity index (χ0v) is 16.3. The number of carbonyl (C=O) groups excluding carboxylic acids is 1. The highest BCUT2D eigenvalue weighted by molar-refractivity contribution is 5.81. The smallest absolute Gasteiger partial charge is 0.251 e. The second kappa shape index (κ2) is 8.46. The Kier molecular flexibility index (Phi) is 6.27. The molecule has 1 N–H and O–H groups in total. The Balaban J connectivity index is 1.48. The topological polar surface area (TPSA) is 59.9 Å². The molecule has 2 saturated heterocycles. The summed E-state index contributed by atoms with van der Waals surface area (Å²) in [6, 6.07) is 2.61. The molecule has 0 radical (unpaired) electrons. The van der Waals surface area contributed by atoms with E-state index in [9.17, 15) is 9.90 Å². The maximum absolute atomic E-state index is 12.6. The number of nitrogens with zero attached hydrogens (tertiary/aromatic N) is 4. The van der Waals surface area contributed by atoms with Crippen molar-refractivity contribution in [3.05, 3.63) is 29.1 Å². The summed E-state index contributed by atoms with van der Waals surface area (Å²) in [5.74, 6) is -0.159. The highest BCUT2D eigenvalue weighted by atomic mass is 16.3. The molecule has 1 atom stereocenters. The number of piperazine rings is 1. The number of hydrogen-bond acceptors (Lipinski definition) is 5. The average Bonchev–Trinajstić information content (AvgIpc) is 2.65. The Morgan fingerprint density at radius 1 is 1.15 bits per heavy atom. The van der Waals surface area contributed by atoms with Crippen LogP contribution in [0.5, 0.6) is 0 Å². The first-order valence-electron chi connectivity index (χ1n) is 9.75. The molecule has 144 valence electrons. The van der Waals surface area contributed by atoms with Crippen LogP contribution in [0.25, 0.3) is 0 Å². The zero-order chi connectivity index (χ0) is 18.7. The van der Waals surface area contributed by atoms with Gasteiger partial charge in [-0.1, -0.05) is 0 Å². The number of pyridine rings is 1. The van der Waals surface area contributed by atoms with E-state index in [-0.39, 0.29) is 12.3 Å². The number of piperidine rings is 1. The fourth-order valence-electron chi connectivity index (χ4n) is 3.96. The van der Waals surface area contributed by atoms with E-state index >= 15 is 0 Å². The molecule has 1 aromatic rings. The van der Waals surface area contributed by atoms with Gasteiger partial charge in [0.15, 0.2) is 0 Å². The Bertz CT molecular complexity index is 620. The lowest BCUT2D eigenvalue weighted by atomic mass is 10.0. The summed E-state index contributed by atoms with van der Waals surface area (Å²) in [5.41, 5.74) is 3.04. The number of aliphatic hydroxyl groups is 1. The Labute approximate surface area is 156 Å². The second-order valence-electron chi connectivity index (χ2n) is 7.88. The summed E-state index contributed by atoms with van der Waals surface area (Å²) in [6.07, 6.45) is 3.52. The molecule has 1 aromatic heterocycles. The van der Waals surface area contributed by atoms with Gasteiger partial charge in [-0.25, -0.2) is 0 Å². The van der Waals surface area contributed by atoms with E-state index in [1.807, 2.05) is 31.0 Å². The van der Waals surface area contributed by atoms with Crippen LogP contribution in [0.2, 0.25) is 0 Å². The summed E-state index contributed by atoms with van der Waals surface area (Å²) in [4.78, 5) is 23.7. The SMILES string of the molecule is Cc1cnc(C[C@@H](O)C(=O)N2CCN(C3CCN(C)CC3)CC2)cc1C. The van der Waals surface area contributed by atoms with Crippen LogP contribution < -0.4 is 0 Å². The molecule has 0 bridgehead atoms. The Morgan fingerprint density at radius 3 is 2.42 bits per heavy atom. The number of aliphatic hydroxyl groups excluding tert-OH is 1. The van der Waals surface area contributed by atoms with Crippen molar-refractivity contribution in [1.82, 2.24) is 19.7 Å². The van der Waals surface area contributed by atoms with E-state index in [1.54, 1.807) is 0 Å². The molecule has 6 nitrogen and oxygen atoms in total. The van der Waals surface area contributed by atoms with Gasteiger partial charge in [0.2, 0.25) is 0 Å². The molecule has 3 heterocycles. The first kappa shape index (κ1) is 19.3. The minimum absolute atomic E-state index is 0.159. The molecule has 6 heteroatoms. The number of hydrogen-bond donors (Lipinski definition) is 1. The minimum atomic E-state index is -1.00. The van der Waals surface area contributed by atoms with Crippen LogP contribution >= 0.6 is 0 Å². The third kappa shape index (κ3) is 4.61. The number of amides is 1. The van der Waals surface area contributed by atoms with Crippen molar-refractivity contribution in [1.29, 1.82) is 0 Å². The first-order valence-corrected chi connectivity index (χ1v) is 9.75. The van der Waals surface area contributed by atoms with Gasteiger partial charge in [-0.05, 0) is 64.0 Å². The molecule has 0 unspecified atom stereocenters. The first-order chi connectivity index (χ1) is 12.4. The van der Waals surface area contributed by atoms with Gasteiger partial charge in [0.25, 0.3) is 5.91 Å². The molecule has 0 aliphatic carbocycles. The molecule has 1 amide bonds. The van der Waals surface area contributed by atoms with Gasteiger partial charge in [-0.15, -0.1) is 0 Å². The van der Waals surface area contributed by atoms with Gasteiger partial charge in [0.05, 0.1) is 0 Å². The van der Waals surface area contributed by atoms with Crippen LogP contribution in [0.4, 0.5) is 0 Å². The van der Waals surface area contributed by atoms with Crippen molar-refractivity contribution in [2.75, 3.05) is 46.3 Å². The quantitative estimate of drug-likeness (QED) is 0.862. The Hall–Kier alpha value is -1.50. The largest absolute Gasteiger partial charge is 0.383 e. The number of rotatable bonds is 4. The van der Waals surface area contributed by atoms with E-state index in [1.165, 1.54) is 12.8 Å². The predicted octanol–water partition coefficient (Wildman–Crippen LogP) is 0.840. The molecule has 2 aliphatic heterocycles. The molecule has 3 rings (SSSR count). The monoisotopic (exact) mass is 360 g/mol. The van der Waals surface area contributed by atoms with Gasteiger partial charge < -0.3 is 14.9 Å². The van der Waals surface area contributed by atoms with E-state index in [0.29, 0.717) is 19.1 Å². The van der Waals surface area contributed by atoms with Gasteiger partial charge in [0.1, 0.15) is 6.10 Å². The van der Waals surface area contributed by atoms with Gasteiger partial charge >= 0.3 is 0 Å². The fourth-order valence-corrected chi connectivity index (χ4v) is 3.96. The minimum Gasteiger partial charge on any atom is -0.383 e. The highest BCUT2D eigenvalue weighted by Gasteiger charge is 2.30. The summed E-state index contributed by atoms with van der Waals surface area (Å²) in [7, 11) is 2.18. The van der Waals surface area contributed by atoms with E-state index in [0.717, 1.165) is 43.0 Å². The molecule has 26 heavy (non-hydrogen) atoms. The van der Waals surface area contributed by atoms with E-state index < -0.39 is 6.10 Å². The van der Waals surface area contributed by atoms with Gasteiger partial charge in [0, 0.05) is 50.5 Å². The lowest BCUT2D eigenvalue weighted by Gasteiger charge is -2.42. The van der Waals surface area contributed by atoms with Gasteiger partial charge in [-0.3, -0.25) is 14.7 Å². The molecule has 2 aliphatic rings. The zero-order valence-electron chi connectivity index (χ0n) is 16.3. The maximum atomic E-state index is 12.6. The summed E-state index contributed by atoms with van der Waals surface area (Å²) in [6.45, 7) is 9.60. The number of likely N-dealkylation sites (tertiary alicyclic amines) is 1. The molecular formula is C20H32N4O2.